The molecule has 1 aliphatic rings. The fourth-order valence-corrected chi connectivity index (χ4v) is 3.07. The summed E-state index contributed by atoms with van der Waals surface area (Å²) in [6.45, 7) is 2.05. The molecule has 0 aliphatic carbocycles. The van der Waals surface area contributed by atoms with Crippen molar-refractivity contribution in [3.8, 4) is 5.75 Å². The van der Waals surface area contributed by atoms with Gasteiger partial charge in [0.05, 0.1) is 18.2 Å². The number of likely N-dealkylation sites (tertiary alicyclic amines) is 1. The molecule has 3 rings (SSSR count). The first-order chi connectivity index (χ1) is 13.5. The van der Waals surface area contributed by atoms with Gasteiger partial charge in [0.2, 0.25) is 17.6 Å². The van der Waals surface area contributed by atoms with Crippen molar-refractivity contribution in [2.45, 2.75) is 19.3 Å². The molecule has 0 radical (unpaired) electrons. The predicted octanol–water partition coefficient (Wildman–Crippen LogP) is 1.86. The SMILES string of the molecule is COc1ccc(F)cc1C(=O)c1cnc(NCCCN2CCCC2=O)nc1N. The maximum Gasteiger partial charge on any atom is 0.224 e. The predicted molar refractivity (Wildman–Crippen MR) is 102 cm³/mol. The third-order valence-corrected chi connectivity index (χ3v) is 4.53. The van der Waals surface area contributed by atoms with Crippen molar-refractivity contribution in [1.82, 2.24) is 14.9 Å². The fourth-order valence-electron chi connectivity index (χ4n) is 3.07. The third-order valence-electron chi connectivity index (χ3n) is 4.53. The Morgan fingerprint density at radius 3 is 2.89 bits per heavy atom. The molecule has 0 spiro atoms. The lowest BCUT2D eigenvalue weighted by Crippen LogP contribution is -2.27. The van der Waals surface area contributed by atoms with Crippen LogP contribution in [0.25, 0.3) is 0 Å². The Kier molecular flexibility index (Phi) is 6.03. The van der Waals surface area contributed by atoms with Crippen LogP contribution in [0.4, 0.5) is 16.2 Å². The lowest BCUT2D eigenvalue weighted by atomic mass is 10.0. The number of carbonyl (C=O) groups excluding carboxylic acids is 2. The van der Waals surface area contributed by atoms with Crippen LogP contribution >= 0.6 is 0 Å². The zero-order chi connectivity index (χ0) is 20.1. The second-order valence-corrected chi connectivity index (χ2v) is 6.43. The van der Waals surface area contributed by atoms with Gasteiger partial charge in [-0.15, -0.1) is 0 Å². The van der Waals surface area contributed by atoms with Gasteiger partial charge in [0.15, 0.2) is 0 Å². The van der Waals surface area contributed by atoms with Gasteiger partial charge in [-0.3, -0.25) is 9.59 Å². The topological polar surface area (TPSA) is 110 Å². The Morgan fingerprint density at radius 2 is 2.21 bits per heavy atom. The number of ether oxygens (including phenoxy) is 1. The Bertz CT molecular complexity index is 890. The molecule has 1 aromatic heterocycles. The van der Waals surface area contributed by atoms with Gasteiger partial charge in [0.1, 0.15) is 17.4 Å². The number of hydrogen-bond donors (Lipinski definition) is 2. The number of aromatic nitrogens is 2. The van der Waals surface area contributed by atoms with E-state index in [0.717, 1.165) is 25.5 Å². The number of nitrogen functional groups attached to an aromatic ring is 1. The summed E-state index contributed by atoms with van der Waals surface area (Å²) in [7, 11) is 1.40. The first-order valence-electron chi connectivity index (χ1n) is 9.02. The number of halogens is 1. The Balaban J connectivity index is 1.63. The molecule has 2 aromatic rings. The summed E-state index contributed by atoms with van der Waals surface area (Å²) in [5.41, 5.74) is 6.03. The van der Waals surface area contributed by atoms with Crippen molar-refractivity contribution in [3.05, 3.63) is 41.3 Å². The molecule has 1 fully saturated rings. The molecule has 28 heavy (non-hydrogen) atoms. The Labute approximate surface area is 161 Å². The average Bonchev–Trinajstić information content (AvgIpc) is 3.09. The van der Waals surface area contributed by atoms with Crippen LogP contribution in [0.5, 0.6) is 5.75 Å². The van der Waals surface area contributed by atoms with Crippen LogP contribution < -0.4 is 15.8 Å². The highest BCUT2D eigenvalue weighted by Crippen LogP contribution is 2.24. The highest BCUT2D eigenvalue weighted by atomic mass is 19.1. The van der Waals surface area contributed by atoms with Gasteiger partial charge < -0.3 is 20.7 Å². The zero-order valence-electron chi connectivity index (χ0n) is 15.6. The summed E-state index contributed by atoms with van der Waals surface area (Å²) in [4.78, 5) is 34.3. The van der Waals surface area contributed by atoms with Crippen molar-refractivity contribution < 1.29 is 18.7 Å². The summed E-state index contributed by atoms with van der Waals surface area (Å²) < 4.78 is 18.6. The van der Waals surface area contributed by atoms with Gasteiger partial charge in [-0.1, -0.05) is 0 Å². The lowest BCUT2D eigenvalue weighted by Gasteiger charge is -2.15. The lowest BCUT2D eigenvalue weighted by molar-refractivity contribution is -0.127. The average molecular weight is 387 g/mol. The van der Waals surface area contributed by atoms with E-state index in [4.69, 9.17) is 10.5 Å². The van der Waals surface area contributed by atoms with E-state index in [0.29, 0.717) is 19.5 Å². The van der Waals surface area contributed by atoms with E-state index < -0.39 is 11.6 Å². The number of anilines is 2. The largest absolute Gasteiger partial charge is 0.496 e. The number of nitrogens with zero attached hydrogens (tertiary/aromatic N) is 3. The normalized spacial score (nSPS) is 13.6. The maximum absolute atomic E-state index is 13.5. The van der Waals surface area contributed by atoms with Crippen LogP contribution in [0.15, 0.2) is 24.4 Å². The van der Waals surface area contributed by atoms with Crippen molar-refractivity contribution in [2.75, 3.05) is 37.8 Å². The number of methoxy groups -OCH3 is 1. The molecule has 0 saturated carbocycles. The minimum absolute atomic E-state index is 0.0106. The van der Waals surface area contributed by atoms with Crippen molar-refractivity contribution >= 4 is 23.5 Å². The molecule has 148 valence electrons. The minimum Gasteiger partial charge on any atom is -0.496 e. The van der Waals surface area contributed by atoms with Gasteiger partial charge in [0, 0.05) is 32.3 Å². The van der Waals surface area contributed by atoms with Gasteiger partial charge >= 0.3 is 0 Å². The van der Waals surface area contributed by atoms with Crippen LogP contribution in [0, 0.1) is 5.82 Å². The number of ketones is 1. The molecule has 1 aliphatic heterocycles. The quantitative estimate of drug-likeness (QED) is 0.525. The molecular weight excluding hydrogens is 365 g/mol. The van der Waals surface area contributed by atoms with Crippen molar-refractivity contribution in [2.24, 2.45) is 0 Å². The van der Waals surface area contributed by atoms with Gasteiger partial charge in [-0.25, -0.2) is 9.37 Å². The standard InChI is InChI=1S/C19H22FN5O3/c1-28-15-6-5-12(20)10-13(15)17(27)14-11-23-19(24-18(14)21)22-7-3-9-25-8-2-4-16(25)26/h5-6,10-11H,2-4,7-9H2,1H3,(H3,21,22,23,24). The number of carbonyl (C=O) groups is 2. The maximum atomic E-state index is 13.5. The highest BCUT2D eigenvalue weighted by molar-refractivity contribution is 6.13. The molecule has 8 nitrogen and oxygen atoms in total. The fraction of sp³-hybridized carbons (Fsp3) is 0.368. The minimum atomic E-state index is -0.557. The number of nitrogens with one attached hydrogen (secondary N) is 1. The summed E-state index contributed by atoms with van der Waals surface area (Å²) in [5, 5.41) is 3.03. The van der Waals surface area contributed by atoms with E-state index in [1.165, 1.54) is 25.4 Å². The van der Waals surface area contributed by atoms with Crippen LogP contribution in [0.2, 0.25) is 0 Å². The van der Waals surface area contributed by atoms with Gasteiger partial charge in [-0.05, 0) is 31.0 Å². The molecule has 2 heterocycles. The summed E-state index contributed by atoms with van der Waals surface area (Å²) in [6, 6.07) is 3.67. The molecule has 1 aromatic carbocycles. The van der Waals surface area contributed by atoms with E-state index in [9.17, 15) is 14.0 Å². The van der Waals surface area contributed by atoms with E-state index >= 15 is 0 Å². The molecule has 1 saturated heterocycles. The molecular formula is C19H22FN5O3. The highest BCUT2D eigenvalue weighted by Gasteiger charge is 2.20. The molecule has 3 N–H and O–H groups in total. The van der Waals surface area contributed by atoms with Crippen LogP contribution in [-0.2, 0) is 4.79 Å². The molecule has 1 amide bonds. The van der Waals surface area contributed by atoms with Crippen molar-refractivity contribution in [1.29, 1.82) is 0 Å². The number of benzene rings is 1. The van der Waals surface area contributed by atoms with Crippen molar-refractivity contribution in [3.63, 3.8) is 0 Å². The summed E-state index contributed by atoms with van der Waals surface area (Å²) >= 11 is 0. The summed E-state index contributed by atoms with van der Waals surface area (Å²) in [5.74, 6) is -0.372. The molecule has 0 bridgehead atoms. The number of amides is 1. The smallest absolute Gasteiger partial charge is 0.224 e. The Morgan fingerprint density at radius 1 is 1.39 bits per heavy atom. The second-order valence-electron chi connectivity index (χ2n) is 6.43. The number of rotatable bonds is 8. The van der Waals surface area contributed by atoms with E-state index in [2.05, 4.69) is 15.3 Å². The first-order valence-corrected chi connectivity index (χ1v) is 9.02. The molecule has 0 unspecified atom stereocenters. The van der Waals surface area contributed by atoms with Crippen LogP contribution in [0.1, 0.15) is 35.2 Å². The Hall–Kier alpha value is -3.23. The number of hydrogen-bond acceptors (Lipinski definition) is 7. The monoisotopic (exact) mass is 387 g/mol. The first kappa shape index (κ1) is 19.5. The second kappa shape index (κ2) is 8.64. The van der Waals surface area contributed by atoms with Gasteiger partial charge in [0.25, 0.3) is 0 Å². The van der Waals surface area contributed by atoms with E-state index in [1.54, 1.807) is 0 Å². The summed E-state index contributed by atoms with van der Waals surface area (Å²) in [6.07, 6.45) is 3.59. The molecule has 0 atom stereocenters. The van der Waals surface area contributed by atoms with Gasteiger partial charge in [-0.2, -0.15) is 4.98 Å². The zero-order valence-corrected chi connectivity index (χ0v) is 15.6. The number of nitrogens with two attached hydrogens (primary N) is 1. The van der Waals surface area contributed by atoms with E-state index in [-0.39, 0.29) is 34.5 Å². The van der Waals surface area contributed by atoms with Crippen LogP contribution in [0.3, 0.4) is 0 Å². The third kappa shape index (κ3) is 4.36. The van der Waals surface area contributed by atoms with Crippen LogP contribution in [-0.4, -0.2) is 53.3 Å². The van der Waals surface area contributed by atoms with E-state index in [1.807, 2.05) is 4.90 Å². The molecule has 9 heteroatoms.